The normalized spacial score (nSPS) is 27.2. The molecule has 2 aliphatic rings. The van der Waals surface area contributed by atoms with E-state index in [1.807, 2.05) is 0 Å². The Hall–Kier alpha value is -1.29. The molecule has 90 valence electrons. The Morgan fingerprint density at radius 1 is 1.35 bits per heavy atom. The number of nitrogens with zero attached hydrogens (tertiary/aromatic N) is 1. The lowest BCUT2D eigenvalue weighted by atomic mass is 9.84. The van der Waals surface area contributed by atoms with E-state index in [-0.39, 0.29) is 17.9 Å². The van der Waals surface area contributed by atoms with Crippen molar-refractivity contribution in [1.82, 2.24) is 4.98 Å². The highest BCUT2D eigenvalue weighted by Gasteiger charge is 2.34. The van der Waals surface area contributed by atoms with Gasteiger partial charge < -0.3 is 10.6 Å². The third-order valence-electron chi connectivity index (χ3n) is 3.54. The van der Waals surface area contributed by atoms with Crippen molar-refractivity contribution in [3.63, 3.8) is 0 Å². The van der Waals surface area contributed by atoms with Gasteiger partial charge in [-0.2, -0.15) is 0 Å². The molecule has 1 aromatic rings. The highest BCUT2D eigenvalue weighted by molar-refractivity contribution is 6.31. The monoisotopic (exact) mass is 251 g/mol. The highest BCUT2D eigenvalue weighted by atomic mass is 35.5. The van der Waals surface area contributed by atoms with Gasteiger partial charge in [-0.15, -0.1) is 0 Å². The first-order chi connectivity index (χ1) is 8.24. The molecule has 0 saturated heterocycles. The van der Waals surface area contributed by atoms with Crippen molar-refractivity contribution in [2.24, 2.45) is 5.92 Å². The van der Waals surface area contributed by atoms with Crippen LogP contribution >= 0.6 is 11.6 Å². The minimum Gasteiger partial charge on any atom is -0.365 e. The molecule has 2 N–H and O–H groups in total. The Balaban J connectivity index is 1.97. The van der Waals surface area contributed by atoms with Crippen LogP contribution in [0.1, 0.15) is 25.7 Å². The average molecular weight is 252 g/mol. The summed E-state index contributed by atoms with van der Waals surface area (Å²) in [5.41, 5.74) is 0.692. The molecule has 1 saturated carbocycles. The maximum atomic E-state index is 12.1. The smallest absolute Gasteiger partial charge is 0.229 e. The predicted octanol–water partition coefficient (Wildman–Crippen LogP) is 2.66. The third-order valence-corrected chi connectivity index (χ3v) is 3.74. The molecule has 1 fully saturated rings. The molecule has 5 heteroatoms. The topological polar surface area (TPSA) is 54.0 Å². The minimum atomic E-state index is 0.0525. The first-order valence-electron chi connectivity index (χ1n) is 5.97. The molecule has 3 rings (SSSR count). The van der Waals surface area contributed by atoms with E-state index in [1.54, 1.807) is 12.3 Å². The van der Waals surface area contributed by atoms with Crippen LogP contribution in [0.15, 0.2) is 12.3 Å². The number of hydrogen-bond acceptors (Lipinski definition) is 3. The Bertz CT molecular complexity index is 463. The molecule has 1 amide bonds. The fourth-order valence-electron chi connectivity index (χ4n) is 2.67. The Kier molecular flexibility index (Phi) is 2.67. The van der Waals surface area contributed by atoms with Crippen molar-refractivity contribution in [3.05, 3.63) is 17.3 Å². The largest absolute Gasteiger partial charge is 0.365 e. The second-order valence-corrected chi connectivity index (χ2v) is 5.12. The lowest BCUT2D eigenvalue weighted by Gasteiger charge is -2.28. The van der Waals surface area contributed by atoms with Gasteiger partial charge in [-0.05, 0) is 18.9 Å². The van der Waals surface area contributed by atoms with Crippen LogP contribution in [0.3, 0.4) is 0 Å². The summed E-state index contributed by atoms with van der Waals surface area (Å²) in [6.45, 7) is 0. The quantitative estimate of drug-likeness (QED) is 0.745. The predicted molar refractivity (Wildman–Crippen MR) is 67.2 cm³/mol. The van der Waals surface area contributed by atoms with Crippen LogP contribution in [0.2, 0.25) is 5.02 Å². The summed E-state index contributed by atoms with van der Waals surface area (Å²) in [4.78, 5) is 16.3. The molecule has 2 unspecified atom stereocenters. The summed E-state index contributed by atoms with van der Waals surface area (Å²) < 4.78 is 0. The lowest BCUT2D eigenvalue weighted by molar-refractivity contribution is -0.120. The molecule has 17 heavy (non-hydrogen) atoms. The standard InChI is InChI=1S/C12H14ClN3O/c13-7-5-10-11(14-6-7)15-9-4-2-1-3-8(9)12(17)16-10/h5-6,8-9H,1-4H2,(H,14,15)(H,16,17). The number of pyridine rings is 1. The summed E-state index contributed by atoms with van der Waals surface area (Å²) in [6.07, 6.45) is 5.88. The molecule has 2 heterocycles. The molecule has 0 radical (unpaired) electrons. The second-order valence-electron chi connectivity index (χ2n) is 4.68. The summed E-state index contributed by atoms with van der Waals surface area (Å²) in [7, 11) is 0. The first-order valence-corrected chi connectivity index (χ1v) is 6.35. The van der Waals surface area contributed by atoms with Crippen molar-refractivity contribution in [1.29, 1.82) is 0 Å². The molecule has 4 nitrogen and oxygen atoms in total. The van der Waals surface area contributed by atoms with Crippen molar-refractivity contribution in [2.45, 2.75) is 31.7 Å². The average Bonchev–Trinajstić information content (AvgIpc) is 2.46. The zero-order valence-electron chi connectivity index (χ0n) is 9.37. The number of amides is 1. The Labute approximate surface area is 105 Å². The van der Waals surface area contributed by atoms with Gasteiger partial charge in [0.15, 0.2) is 0 Å². The maximum absolute atomic E-state index is 12.1. The molecule has 0 bridgehead atoms. The summed E-state index contributed by atoms with van der Waals surface area (Å²) in [6, 6.07) is 1.95. The summed E-state index contributed by atoms with van der Waals surface area (Å²) in [5.74, 6) is 0.874. The number of halogens is 1. The Morgan fingerprint density at radius 2 is 2.18 bits per heavy atom. The van der Waals surface area contributed by atoms with E-state index in [1.165, 1.54) is 6.42 Å². The molecule has 1 aliphatic heterocycles. The second kappa shape index (κ2) is 4.18. The van der Waals surface area contributed by atoms with E-state index >= 15 is 0 Å². The van der Waals surface area contributed by atoms with Gasteiger partial charge >= 0.3 is 0 Å². The molecule has 0 spiro atoms. The van der Waals surface area contributed by atoms with E-state index in [0.29, 0.717) is 10.7 Å². The number of anilines is 2. The fourth-order valence-corrected chi connectivity index (χ4v) is 2.83. The third kappa shape index (κ3) is 1.97. The van der Waals surface area contributed by atoms with E-state index in [9.17, 15) is 4.79 Å². The van der Waals surface area contributed by atoms with Gasteiger partial charge in [0.1, 0.15) is 5.82 Å². The van der Waals surface area contributed by atoms with Gasteiger partial charge in [0.05, 0.1) is 16.6 Å². The van der Waals surface area contributed by atoms with E-state index in [0.717, 1.165) is 25.1 Å². The zero-order valence-corrected chi connectivity index (χ0v) is 10.1. The van der Waals surface area contributed by atoms with Gasteiger partial charge in [-0.3, -0.25) is 4.79 Å². The number of aromatic nitrogens is 1. The van der Waals surface area contributed by atoms with E-state index < -0.39 is 0 Å². The molecule has 1 aromatic heterocycles. The van der Waals surface area contributed by atoms with Crippen LogP contribution in [0.25, 0.3) is 0 Å². The van der Waals surface area contributed by atoms with Crippen LogP contribution in [-0.4, -0.2) is 16.9 Å². The van der Waals surface area contributed by atoms with E-state index in [2.05, 4.69) is 15.6 Å². The fraction of sp³-hybridized carbons (Fsp3) is 0.500. The summed E-state index contributed by atoms with van der Waals surface area (Å²) >= 11 is 5.89. The van der Waals surface area contributed by atoms with Crippen LogP contribution in [-0.2, 0) is 4.79 Å². The lowest BCUT2D eigenvalue weighted by Crippen LogP contribution is -2.37. The van der Waals surface area contributed by atoms with Crippen molar-refractivity contribution in [2.75, 3.05) is 10.6 Å². The number of nitrogens with one attached hydrogen (secondary N) is 2. The van der Waals surface area contributed by atoms with Crippen LogP contribution < -0.4 is 10.6 Å². The number of rotatable bonds is 0. The van der Waals surface area contributed by atoms with Gasteiger partial charge in [-0.25, -0.2) is 4.98 Å². The van der Waals surface area contributed by atoms with Gasteiger partial charge in [-0.1, -0.05) is 24.4 Å². The van der Waals surface area contributed by atoms with Gasteiger partial charge in [0.25, 0.3) is 0 Å². The maximum Gasteiger partial charge on any atom is 0.229 e. The highest BCUT2D eigenvalue weighted by Crippen LogP contribution is 2.34. The Morgan fingerprint density at radius 3 is 3.06 bits per heavy atom. The van der Waals surface area contributed by atoms with Crippen LogP contribution in [0.5, 0.6) is 0 Å². The molecular weight excluding hydrogens is 238 g/mol. The number of carbonyl (C=O) groups is 1. The van der Waals surface area contributed by atoms with Crippen LogP contribution in [0, 0.1) is 5.92 Å². The van der Waals surface area contributed by atoms with Crippen molar-refractivity contribution < 1.29 is 4.79 Å². The van der Waals surface area contributed by atoms with Crippen molar-refractivity contribution in [3.8, 4) is 0 Å². The SMILES string of the molecule is O=C1Nc2cc(Cl)cnc2NC2CCCCC12. The molecule has 2 atom stereocenters. The molecular formula is C12H14ClN3O. The first kappa shape index (κ1) is 10.8. The number of carbonyl (C=O) groups excluding carboxylic acids is 1. The van der Waals surface area contributed by atoms with Gasteiger partial charge in [0, 0.05) is 12.2 Å². The number of hydrogen-bond donors (Lipinski definition) is 2. The van der Waals surface area contributed by atoms with Crippen LogP contribution in [0.4, 0.5) is 11.5 Å². The van der Waals surface area contributed by atoms with Gasteiger partial charge in [0.2, 0.25) is 5.91 Å². The van der Waals surface area contributed by atoms with E-state index in [4.69, 9.17) is 11.6 Å². The zero-order chi connectivity index (χ0) is 11.8. The summed E-state index contributed by atoms with van der Waals surface area (Å²) in [5, 5.41) is 6.82. The minimum absolute atomic E-state index is 0.0525. The number of fused-ring (bicyclic) bond motifs is 2. The molecule has 0 aromatic carbocycles. The molecule has 1 aliphatic carbocycles. The van der Waals surface area contributed by atoms with Crippen molar-refractivity contribution >= 4 is 29.0 Å².